The highest BCUT2D eigenvalue weighted by molar-refractivity contribution is 7.93. The van der Waals surface area contributed by atoms with E-state index in [0.29, 0.717) is 41.2 Å². The summed E-state index contributed by atoms with van der Waals surface area (Å²) in [4.78, 5) is 5.46. The molecule has 0 amide bonds. The molecule has 0 aliphatic carbocycles. The Morgan fingerprint density at radius 3 is 2.63 bits per heavy atom. The number of halogens is 4. The SMILES string of the molecule is NC1=Nc2[nH]ncc2C(N)N1C1Cc2ccccc2N(S(=O)(=O)c2ccc(C(F)(F)F)cc2Cl)C1. The molecular formula is C21H19ClF3N7O2S. The molecule has 9 nitrogen and oxygen atoms in total. The van der Waals surface area contributed by atoms with E-state index in [-0.39, 0.29) is 12.5 Å². The lowest BCUT2D eigenvalue weighted by Gasteiger charge is -2.44. The number of alkyl halides is 3. The summed E-state index contributed by atoms with van der Waals surface area (Å²) in [5, 5.41) is 6.12. The maximum Gasteiger partial charge on any atom is 0.416 e. The van der Waals surface area contributed by atoms with Gasteiger partial charge in [0.15, 0.2) is 11.8 Å². The number of benzene rings is 2. The van der Waals surface area contributed by atoms with Crippen molar-refractivity contribution >= 4 is 39.1 Å². The van der Waals surface area contributed by atoms with Crippen LogP contribution in [-0.2, 0) is 22.6 Å². The second-order valence-electron chi connectivity index (χ2n) is 8.16. The Balaban J connectivity index is 1.57. The molecule has 3 heterocycles. The summed E-state index contributed by atoms with van der Waals surface area (Å²) in [7, 11) is -4.36. The lowest BCUT2D eigenvalue weighted by molar-refractivity contribution is -0.137. The molecule has 2 atom stereocenters. The Labute approximate surface area is 203 Å². The maximum absolute atomic E-state index is 13.7. The number of nitrogens with two attached hydrogens (primary N) is 2. The molecule has 0 saturated carbocycles. The van der Waals surface area contributed by atoms with Gasteiger partial charge in [-0.1, -0.05) is 29.8 Å². The van der Waals surface area contributed by atoms with E-state index in [4.69, 9.17) is 23.1 Å². The minimum atomic E-state index is -4.66. The lowest BCUT2D eigenvalue weighted by atomic mass is 9.97. The van der Waals surface area contributed by atoms with E-state index in [9.17, 15) is 21.6 Å². The fourth-order valence-electron chi connectivity index (χ4n) is 4.43. The standard InChI is InChI=1S/C21H19ClF3N7O2S/c22-15-8-12(21(23,24)25)5-6-17(15)35(33,34)31-10-13(7-11-3-1-2-4-16(11)31)32-18(26)14-9-28-30-19(14)29-20(32)27/h1-6,8-9,13,18H,7,10,26H2,(H3,27,28,29,30). The molecule has 3 aromatic rings. The molecule has 0 bridgehead atoms. The number of hydrogen-bond acceptors (Lipinski definition) is 7. The third-order valence-electron chi connectivity index (χ3n) is 6.07. The molecule has 0 fully saturated rings. The summed E-state index contributed by atoms with van der Waals surface area (Å²) >= 11 is 6.06. The molecule has 2 aliphatic heterocycles. The largest absolute Gasteiger partial charge is 0.416 e. The van der Waals surface area contributed by atoms with Crippen molar-refractivity contribution in [1.82, 2.24) is 15.1 Å². The molecule has 184 valence electrons. The number of anilines is 1. The smallest absolute Gasteiger partial charge is 0.369 e. The summed E-state index contributed by atoms with van der Waals surface area (Å²) in [6.07, 6.45) is -3.48. The van der Waals surface area contributed by atoms with Crippen LogP contribution in [0.2, 0.25) is 5.02 Å². The third kappa shape index (κ3) is 3.89. The first-order valence-corrected chi connectivity index (χ1v) is 12.2. The van der Waals surface area contributed by atoms with Gasteiger partial charge in [0.2, 0.25) is 0 Å². The summed E-state index contributed by atoms with van der Waals surface area (Å²) in [6, 6.07) is 8.47. The first-order valence-electron chi connectivity index (χ1n) is 10.4. The summed E-state index contributed by atoms with van der Waals surface area (Å²) in [6.45, 7) is -0.0895. The topological polar surface area (TPSA) is 134 Å². The van der Waals surface area contributed by atoms with Crippen LogP contribution in [0, 0.1) is 0 Å². The Kier molecular flexibility index (Phi) is 5.45. The fourth-order valence-corrected chi connectivity index (χ4v) is 6.49. The van der Waals surface area contributed by atoms with Crippen molar-refractivity contribution in [2.24, 2.45) is 16.5 Å². The van der Waals surface area contributed by atoms with Crippen molar-refractivity contribution in [2.45, 2.75) is 29.7 Å². The summed E-state index contributed by atoms with van der Waals surface area (Å²) in [5.74, 6) is 0.506. The average Bonchev–Trinajstić information content (AvgIpc) is 3.26. The van der Waals surface area contributed by atoms with Crippen molar-refractivity contribution in [2.75, 3.05) is 10.8 Å². The van der Waals surface area contributed by atoms with Crippen LogP contribution in [0.5, 0.6) is 0 Å². The molecule has 0 saturated heterocycles. The number of rotatable bonds is 3. The molecule has 5 N–H and O–H groups in total. The predicted octanol–water partition coefficient (Wildman–Crippen LogP) is 3.12. The number of H-pyrrole nitrogens is 1. The van der Waals surface area contributed by atoms with Crippen LogP contribution in [0.15, 0.2) is 58.5 Å². The van der Waals surface area contributed by atoms with Gasteiger partial charge in [-0.05, 0) is 36.2 Å². The van der Waals surface area contributed by atoms with E-state index >= 15 is 0 Å². The zero-order valence-corrected chi connectivity index (χ0v) is 19.4. The van der Waals surface area contributed by atoms with Crippen molar-refractivity contribution in [3.05, 3.63) is 70.4 Å². The normalized spacial score (nSPS) is 20.3. The van der Waals surface area contributed by atoms with Crippen molar-refractivity contribution in [3.8, 4) is 0 Å². The summed E-state index contributed by atoms with van der Waals surface area (Å²) < 4.78 is 67.8. The van der Waals surface area contributed by atoms with Gasteiger partial charge in [0.1, 0.15) is 11.1 Å². The fraction of sp³-hybridized carbons (Fsp3) is 0.238. The monoisotopic (exact) mass is 525 g/mol. The number of aromatic nitrogens is 2. The van der Waals surface area contributed by atoms with Gasteiger partial charge in [0.25, 0.3) is 10.0 Å². The van der Waals surface area contributed by atoms with Crippen LogP contribution in [0.25, 0.3) is 0 Å². The van der Waals surface area contributed by atoms with Gasteiger partial charge in [-0.25, -0.2) is 8.42 Å². The molecular weight excluding hydrogens is 507 g/mol. The van der Waals surface area contributed by atoms with E-state index in [1.807, 2.05) is 0 Å². The van der Waals surface area contributed by atoms with E-state index < -0.39 is 43.9 Å². The molecule has 1 aromatic heterocycles. The minimum absolute atomic E-state index is 0.0866. The molecule has 2 unspecified atom stereocenters. The molecule has 2 aromatic carbocycles. The highest BCUT2D eigenvalue weighted by Gasteiger charge is 2.41. The number of hydrogen-bond donors (Lipinski definition) is 3. The maximum atomic E-state index is 13.7. The highest BCUT2D eigenvalue weighted by atomic mass is 35.5. The van der Waals surface area contributed by atoms with E-state index in [0.717, 1.165) is 10.4 Å². The van der Waals surface area contributed by atoms with Crippen molar-refractivity contribution in [3.63, 3.8) is 0 Å². The Morgan fingerprint density at radius 2 is 1.91 bits per heavy atom. The zero-order chi connectivity index (χ0) is 25.1. The first-order chi connectivity index (χ1) is 16.5. The number of aliphatic imine (C=N–C) groups is 1. The van der Waals surface area contributed by atoms with Crippen molar-refractivity contribution in [1.29, 1.82) is 0 Å². The predicted molar refractivity (Wildman–Crippen MR) is 124 cm³/mol. The Hall–Kier alpha value is -3.29. The molecule has 0 spiro atoms. The average molecular weight is 526 g/mol. The number of fused-ring (bicyclic) bond motifs is 2. The van der Waals surface area contributed by atoms with Gasteiger partial charge in [-0.3, -0.25) is 9.40 Å². The van der Waals surface area contributed by atoms with Crippen LogP contribution in [0.1, 0.15) is 22.9 Å². The van der Waals surface area contributed by atoms with Crippen LogP contribution in [0.3, 0.4) is 0 Å². The second-order valence-corrected chi connectivity index (χ2v) is 10.4. The molecule has 14 heteroatoms. The lowest BCUT2D eigenvalue weighted by Crippen LogP contribution is -2.57. The van der Waals surface area contributed by atoms with Gasteiger partial charge >= 0.3 is 6.18 Å². The van der Waals surface area contributed by atoms with Gasteiger partial charge in [0, 0.05) is 0 Å². The molecule has 2 aliphatic rings. The summed E-state index contributed by atoms with van der Waals surface area (Å²) in [5.41, 5.74) is 13.3. The van der Waals surface area contributed by atoms with Crippen LogP contribution < -0.4 is 15.8 Å². The quantitative estimate of drug-likeness (QED) is 0.481. The van der Waals surface area contributed by atoms with E-state index in [1.165, 1.54) is 6.20 Å². The van der Waals surface area contributed by atoms with E-state index in [2.05, 4.69) is 15.2 Å². The number of para-hydroxylation sites is 1. The zero-order valence-electron chi connectivity index (χ0n) is 17.9. The van der Waals surface area contributed by atoms with Crippen LogP contribution >= 0.6 is 11.6 Å². The Bertz CT molecular complexity index is 1440. The first kappa shape index (κ1) is 23.5. The van der Waals surface area contributed by atoms with Crippen LogP contribution in [0.4, 0.5) is 24.7 Å². The van der Waals surface area contributed by atoms with Crippen LogP contribution in [-0.4, -0.2) is 42.1 Å². The van der Waals surface area contributed by atoms with E-state index in [1.54, 1.807) is 29.2 Å². The number of aromatic amines is 1. The van der Waals surface area contributed by atoms with Crippen molar-refractivity contribution < 1.29 is 21.6 Å². The van der Waals surface area contributed by atoms with Gasteiger partial charge in [-0.15, -0.1) is 0 Å². The highest BCUT2D eigenvalue weighted by Crippen LogP contribution is 2.39. The number of nitrogens with one attached hydrogen (secondary N) is 1. The molecule has 5 rings (SSSR count). The van der Waals surface area contributed by atoms with Gasteiger partial charge in [0.05, 0.1) is 40.6 Å². The molecule has 35 heavy (non-hydrogen) atoms. The number of nitrogens with zero attached hydrogens (tertiary/aromatic N) is 4. The molecule has 0 radical (unpaired) electrons. The van der Waals surface area contributed by atoms with Gasteiger partial charge < -0.3 is 16.4 Å². The third-order valence-corrected chi connectivity index (χ3v) is 8.33. The second kappa shape index (κ2) is 8.14. The number of guanidine groups is 1. The number of sulfonamides is 1. The van der Waals surface area contributed by atoms with Gasteiger partial charge in [-0.2, -0.15) is 23.3 Å². The minimum Gasteiger partial charge on any atom is -0.369 e. The Morgan fingerprint density at radius 1 is 1.17 bits per heavy atom.